The molecule has 0 heterocycles. The fourth-order valence-electron chi connectivity index (χ4n) is 1.40. The summed E-state index contributed by atoms with van der Waals surface area (Å²) in [6.07, 6.45) is 0. The predicted molar refractivity (Wildman–Crippen MR) is 74.1 cm³/mol. The molecular weight excluding hydrogens is 252 g/mol. The highest BCUT2D eigenvalue weighted by Crippen LogP contribution is 2.23. The van der Waals surface area contributed by atoms with Crippen molar-refractivity contribution in [3.05, 3.63) is 33.9 Å². The number of thiol groups is 1. The maximum Gasteiger partial charge on any atom is 0.274 e. The van der Waals surface area contributed by atoms with Crippen molar-refractivity contribution in [2.75, 3.05) is 5.32 Å². The molecule has 0 aromatic heterocycles. The van der Waals surface area contributed by atoms with Gasteiger partial charge < -0.3 is 5.32 Å². The summed E-state index contributed by atoms with van der Waals surface area (Å²) in [6.45, 7) is 5.42. The van der Waals surface area contributed by atoms with E-state index in [0.29, 0.717) is 11.3 Å². The average molecular weight is 268 g/mol. The normalized spacial score (nSPS) is 12.3. The van der Waals surface area contributed by atoms with Gasteiger partial charge in [-0.05, 0) is 18.9 Å². The number of carbonyl (C=O) groups is 1. The van der Waals surface area contributed by atoms with Gasteiger partial charge in [-0.1, -0.05) is 19.9 Å². The molecule has 0 aliphatic rings. The van der Waals surface area contributed by atoms with Crippen LogP contribution in [0.5, 0.6) is 0 Å². The summed E-state index contributed by atoms with van der Waals surface area (Å²) >= 11 is 4.19. The number of hydrogen-bond donors (Lipinski definition) is 2. The Morgan fingerprint density at radius 1 is 1.44 bits per heavy atom. The second-order valence-corrected chi connectivity index (χ2v) is 4.99. The molecule has 98 valence electrons. The summed E-state index contributed by atoms with van der Waals surface area (Å²) in [7, 11) is 0. The van der Waals surface area contributed by atoms with Crippen molar-refractivity contribution >= 4 is 29.9 Å². The van der Waals surface area contributed by atoms with Gasteiger partial charge in [-0.2, -0.15) is 12.6 Å². The molecule has 1 amide bonds. The quantitative estimate of drug-likeness (QED) is 0.501. The lowest BCUT2D eigenvalue weighted by Gasteiger charge is -2.14. The minimum Gasteiger partial charge on any atom is -0.325 e. The average Bonchev–Trinajstić information content (AvgIpc) is 2.29. The van der Waals surface area contributed by atoms with Crippen LogP contribution in [-0.4, -0.2) is 16.1 Å². The molecule has 0 fully saturated rings. The van der Waals surface area contributed by atoms with Gasteiger partial charge in [-0.15, -0.1) is 0 Å². The Labute approximate surface area is 111 Å². The number of hydrogen-bond acceptors (Lipinski definition) is 4. The van der Waals surface area contributed by atoms with Crippen LogP contribution in [0.25, 0.3) is 0 Å². The van der Waals surface area contributed by atoms with Crippen molar-refractivity contribution in [2.24, 2.45) is 5.92 Å². The van der Waals surface area contributed by atoms with E-state index in [4.69, 9.17) is 0 Å². The largest absolute Gasteiger partial charge is 0.325 e. The molecule has 0 saturated carbocycles. The Morgan fingerprint density at radius 2 is 2.06 bits per heavy atom. The van der Waals surface area contributed by atoms with E-state index in [9.17, 15) is 14.9 Å². The van der Waals surface area contributed by atoms with Crippen LogP contribution in [0.2, 0.25) is 0 Å². The summed E-state index contributed by atoms with van der Waals surface area (Å²) in [4.78, 5) is 22.1. The first kappa shape index (κ1) is 14.5. The van der Waals surface area contributed by atoms with Gasteiger partial charge in [-0.3, -0.25) is 14.9 Å². The van der Waals surface area contributed by atoms with Crippen LogP contribution in [0.1, 0.15) is 19.4 Å². The number of nitro groups is 1. The first-order valence-electron chi connectivity index (χ1n) is 5.57. The highest BCUT2D eigenvalue weighted by Gasteiger charge is 2.19. The molecule has 1 N–H and O–H groups in total. The molecule has 0 aliphatic carbocycles. The third kappa shape index (κ3) is 3.46. The molecular formula is C12H16N2O3S. The molecule has 1 rings (SSSR count). The topological polar surface area (TPSA) is 72.2 Å². The van der Waals surface area contributed by atoms with Crippen LogP contribution in [0, 0.1) is 23.0 Å². The third-order valence-electron chi connectivity index (χ3n) is 2.57. The van der Waals surface area contributed by atoms with E-state index in [2.05, 4.69) is 17.9 Å². The van der Waals surface area contributed by atoms with Crippen molar-refractivity contribution in [1.29, 1.82) is 0 Å². The second kappa shape index (κ2) is 5.86. The van der Waals surface area contributed by atoms with Crippen molar-refractivity contribution in [2.45, 2.75) is 26.0 Å². The van der Waals surface area contributed by atoms with E-state index in [1.807, 2.05) is 13.8 Å². The van der Waals surface area contributed by atoms with Crippen LogP contribution < -0.4 is 5.32 Å². The maximum atomic E-state index is 11.8. The van der Waals surface area contributed by atoms with Crippen molar-refractivity contribution in [1.82, 2.24) is 0 Å². The predicted octanol–water partition coefficient (Wildman–Crippen LogP) is 2.80. The first-order chi connectivity index (χ1) is 8.32. The lowest BCUT2D eigenvalue weighted by molar-refractivity contribution is -0.385. The number of amides is 1. The zero-order valence-electron chi connectivity index (χ0n) is 10.5. The summed E-state index contributed by atoms with van der Waals surface area (Å²) in [5.74, 6) is -0.166. The van der Waals surface area contributed by atoms with Crippen LogP contribution in [0.3, 0.4) is 0 Å². The molecule has 1 unspecified atom stereocenters. The molecule has 1 aromatic carbocycles. The summed E-state index contributed by atoms with van der Waals surface area (Å²) in [6, 6.07) is 4.60. The number of rotatable bonds is 4. The highest BCUT2D eigenvalue weighted by molar-refractivity contribution is 7.81. The molecule has 1 aromatic rings. The van der Waals surface area contributed by atoms with Gasteiger partial charge in [0.1, 0.15) is 0 Å². The molecule has 0 radical (unpaired) electrons. The van der Waals surface area contributed by atoms with E-state index in [0.717, 1.165) is 0 Å². The van der Waals surface area contributed by atoms with Gasteiger partial charge in [0.05, 0.1) is 10.2 Å². The zero-order chi connectivity index (χ0) is 13.9. The van der Waals surface area contributed by atoms with Gasteiger partial charge in [0, 0.05) is 17.3 Å². The number of nitrogens with zero attached hydrogens (tertiary/aromatic N) is 1. The molecule has 6 heteroatoms. The number of nitrogens with one attached hydrogen (secondary N) is 1. The van der Waals surface area contributed by atoms with Gasteiger partial charge in [0.2, 0.25) is 5.91 Å². The molecule has 0 bridgehead atoms. The standard InChI is InChI=1S/C12H16N2O3S/c1-7(2)11(18)12(15)13-9-5-4-8(3)10(6-9)14(16)17/h4-7,11,18H,1-3H3,(H,13,15). The van der Waals surface area contributed by atoms with Crippen molar-refractivity contribution in [3.8, 4) is 0 Å². The summed E-state index contributed by atoms with van der Waals surface area (Å²) < 4.78 is 0. The Hall–Kier alpha value is -1.56. The molecule has 5 nitrogen and oxygen atoms in total. The van der Waals surface area contributed by atoms with Crippen LogP contribution >= 0.6 is 12.6 Å². The second-order valence-electron chi connectivity index (χ2n) is 4.44. The van der Waals surface area contributed by atoms with Gasteiger partial charge in [0.15, 0.2) is 0 Å². The molecule has 18 heavy (non-hydrogen) atoms. The molecule has 0 saturated heterocycles. The summed E-state index contributed by atoms with van der Waals surface area (Å²) in [5, 5.41) is 13.0. The van der Waals surface area contributed by atoms with E-state index in [1.165, 1.54) is 6.07 Å². The number of nitro benzene ring substituents is 1. The monoisotopic (exact) mass is 268 g/mol. The summed E-state index contributed by atoms with van der Waals surface area (Å²) in [5.41, 5.74) is 0.967. The zero-order valence-corrected chi connectivity index (χ0v) is 11.4. The molecule has 1 atom stereocenters. The minimum absolute atomic E-state index is 0.00642. The van der Waals surface area contributed by atoms with Crippen molar-refractivity contribution < 1.29 is 9.72 Å². The lowest BCUT2D eigenvalue weighted by atomic mass is 10.1. The van der Waals surface area contributed by atoms with Gasteiger partial charge in [0.25, 0.3) is 5.69 Å². The number of anilines is 1. The maximum absolute atomic E-state index is 11.8. The molecule has 0 aliphatic heterocycles. The number of carbonyl (C=O) groups excluding carboxylic acids is 1. The Bertz CT molecular complexity index is 474. The van der Waals surface area contributed by atoms with E-state index >= 15 is 0 Å². The Morgan fingerprint density at radius 3 is 2.56 bits per heavy atom. The Balaban J connectivity index is 2.89. The first-order valence-corrected chi connectivity index (χ1v) is 6.08. The highest BCUT2D eigenvalue weighted by atomic mass is 32.1. The third-order valence-corrected chi connectivity index (χ3v) is 3.40. The lowest BCUT2D eigenvalue weighted by Crippen LogP contribution is -2.27. The van der Waals surface area contributed by atoms with Crippen LogP contribution in [0.4, 0.5) is 11.4 Å². The smallest absolute Gasteiger partial charge is 0.274 e. The van der Waals surface area contributed by atoms with Crippen LogP contribution in [0.15, 0.2) is 18.2 Å². The Kier molecular flexibility index (Phi) is 4.72. The van der Waals surface area contributed by atoms with Crippen molar-refractivity contribution in [3.63, 3.8) is 0 Å². The fraction of sp³-hybridized carbons (Fsp3) is 0.417. The van der Waals surface area contributed by atoms with E-state index in [1.54, 1.807) is 19.1 Å². The van der Waals surface area contributed by atoms with Crippen LogP contribution in [-0.2, 0) is 4.79 Å². The number of aryl methyl sites for hydroxylation is 1. The van der Waals surface area contributed by atoms with Gasteiger partial charge in [-0.25, -0.2) is 0 Å². The van der Waals surface area contributed by atoms with E-state index < -0.39 is 10.2 Å². The van der Waals surface area contributed by atoms with E-state index in [-0.39, 0.29) is 17.5 Å². The SMILES string of the molecule is Cc1ccc(NC(=O)C(S)C(C)C)cc1[N+](=O)[O-]. The fourth-order valence-corrected chi connectivity index (χ4v) is 1.47. The number of benzene rings is 1. The molecule has 0 spiro atoms. The van der Waals surface area contributed by atoms with Gasteiger partial charge >= 0.3 is 0 Å². The minimum atomic E-state index is -0.467.